The minimum absolute atomic E-state index is 0.120. The number of thiazole rings is 1. The van der Waals surface area contributed by atoms with Crippen LogP contribution in [0.4, 0.5) is 0 Å². The van der Waals surface area contributed by atoms with Crippen LogP contribution in [0.25, 0.3) is 4.96 Å². The maximum absolute atomic E-state index is 11.2. The zero-order chi connectivity index (χ0) is 14.9. The quantitative estimate of drug-likeness (QED) is 0.733. The van der Waals surface area contributed by atoms with E-state index in [4.69, 9.17) is 0 Å². The first kappa shape index (κ1) is 14.3. The molecule has 3 rings (SSSR count). The number of fused-ring (bicyclic) bond motifs is 3. The summed E-state index contributed by atoms with van der Waals surface area (Å²) in [6, 6.07) is 0. The van der Waals surface area contributed by atoms with Gasteiger partial charge in [0.15, 0.2) is 10.7 Å². The molecule has 0 aliphatic heterocycles. The predicted octanol–water partition coefficient (Wildman–Crippen LogP) is 3.95. The van der Waals surface area contributed by atoms with Gasteiger partial charge in [-0.25, -0.2) is 9.78 Å². The second kappa shape index (κ2) is 4.19. The van der Waals surface area contributed by atoms with Crippen molar-refractivity contribution in [3.05, 3.63) is 20.0 Å². The lowest BCUT2D eigenvalue weighted by atomic mass is 9.67. The fourth-order valence-electron chi connectivity index (χ4n) is 3.55. The summed E-state index contributed by atoms with van der Waals surface area (Å²) in [5.74, 6) is -0.951. The van der Waals surface area contributed by atoms with Gasteiger partial charge in [0, 0.05) is 16.0 Å². The molecule has 2 aromatic heterocycles. The highest BCUT2D eigenvalue weighted by Gasteiger charge is 2.41. The Morgan fingerprint density at radius 3 is 2.65 bits per heavy atom. The number of hydrogen-bond acceptors (Lipinski definition) is 3. The Morgan fingerprint density at radius 1 is 1.40 bits per heavy atom. The molecule has 1 aliphatic rings. The molecule has 1 aliphatic carbocycles. The number of carboxylic acid groups (broad SMARTS) is 1. The molecular weight excluding hydrogens is 387 g/mol. The summed E-state index contributed by atoms with van der Waals surface area (Å²) in [7, 11) is 0. The van der Waals surface area contributed by atoms with Gasteiger partial charge in [-0.2, -0.15) is 0 Å². The molecule has 2 aromatic rings. The highest BCUT2D eigenvalue weighted by molar-refractivity contribution is 14.1. The molecule has 0 radical (unpaired) electrons. The topological polar surface area (TPSA) is 54.6 Å². The summed E-state index contributed by atoms with van der Waals surface area (Å²) in [6.45, 7) is 9.10. The van der Waals surface area contributed by atoms with Crippen molar-refractivity contribution in [3.63, 3.8) is 0 Å². The Bertz CT molecular complexity index is 727. The summed E-state index contributed by atoms with van der Waals surface area (Å²) in [5.41, 5.74) is 1.76. The Hall–Kier alpha value is -0.630. The Kier molecular flexibility index (Phi) is 3.00. The van der Waals surface area contributed by atoms with Gasteiger partial charge in [0.05, 0.1) is 0 Å². The summed E-state index contributed by atoms with van der Waals surface area (Å²) >= 11 is 3.75. The lowest BCUT2D eigenvalue weighted by Crippen LogP contribution is -2.34. The van der Waals surface area contributed by atoms with Gasteiger partial charge in [-0.05, 0) is 40.8 Å². The van der Waals surface area contributed by atoms with Gasteiger partial charge in [-0.15, -0.1) is 11.3 Å². The van der Waals surface area contributed by atoms with Crippen LogP contribution in [-0.4, -0.2) is 20.5 Å². The van der Waals surface area contributed by atoms with Crippen LogP contribution in [0.1, 0.15) is 55.2 Å². The van der Waals surface area contributed by atoms with Crippen LogP contribution in [0.2, 0.25) is 0 Å². The zero-order valence-electron chi connectivity index (χ0n) is 12.0. The summed E-state index contributed by atoms with van der Waals surface area (Å²) in [6.07, 6.45) is 2.11. The number of aromatic carboxylic acids is 1. The van der Waals surface area contributed by atoms with Gasteiger partial charge >= 0.3 is 5.97 Å². The molecule has 2 heterocycles. The fourth-order valence-corrected chi connectivity index (χ4v) is 5.83. The van der Waals surface area contributed by atoms with Crippen molar-refractivity contribution in [1.29, 1.82) is 0 Å². The van der Waals surface area contributed by atoms with Crippen molar-refractivity contribution in [1.82, 2.24) is 9.38 Å². The normalized spacial score (nSPS) is 20.1. The molecule has 0 bridgehead atoms. The van der Waals surface area contributed by atoms with E-state index in [1.165, 1.54) is 10.6 Å². The molecular formula is C14H17IN2O2S. The first-order chi connectivity index (χ1) is 9.12. The van der Waals surface area contributed by atoms with Gasteiger partial charge in [-0.3, -0.25) is 4.40 Å². The number of hydrogen-bond donors (Lipinski definition) is 1. The van der Waals surface area contributed by atoms with E-state index in [0.717, 1.165) is 21.5 Å². The van der Waals surface area contributed by atoms with Gasteiger partial charge < -0.3 is 5.11 Å². The van der Waals surface area contributed by atoms with Crippen molar-refractivity contribution < 1.29 is 9.90 Å². The number of rotatable bonds is 1. The molecule has 20 heavy (non-hydrogen) atoms. The first-order valence-electron chi connectivity index (χ1n) is 6.56. The molecule has 6 heteroatoms. The maximum Gasteiger partial charge on any atom is 0.357 e. The van der Waals surface area contributed by atoms with E-state index in [2.05, 4.69) is 55.3 Å². The number of aromatic nitrogens is 2. The molecule has 0 aromatic carbocycles. The SMILES string of the molecule is CC1(C)Cc2c(sc3nc(C(=O)O)c(I)n23)C(C)(C)C1. The summed E-state index contributed by atoms with van der Waals surface area (Å²) in [4.78, 5) is 17.7. The minimum atomic E-state index is -0.951. The Balaban J connectivity index is 2.31. The van der Waals surface area contributed by atoms with Crippen LogP contribution >= 0.6 is 33.9 Å². The molecule has 4 nitrogen and oxygen atoms in total. The number of halogens is 1. The molecule has 0 spiro atoms. The molecule has 0 saturated carbocycles. The van der Waals surface area contributed by atoms with Gasteiger partial charge in [0.2, 0.25) is 0 Å². The third kappa shape index (κ3) is 1.99. The van der Waals surface area contributed by atoms with Crippen LogP contribution in [0.3, 0.4) is 0 Å². The number of carboxylic acids is 1. The lowest BCUT2D eigenvalue weighted by Gasteiger charge is -2.40. The second-order valence-electron chi connectivity index (χ2n) is 6.95. The first-order valence-corrected chi connectivity index (χ1v) is 8.45. The number of carbonyl (C=O) groups is 1. The Morgan fingerprint density at radius 2 is 2.05 bits per heavy atom. The molecule has 0 atom stereocenters. The largest absolute Gasteiger partial charge is 0.476 e. The van der Waals surface area contributed by atoms with E-state index in [0.29, 0.717) is 0 Å². The highest BCUT2D eigenvalue weighted by Crippen LogP contribution is 2.49. The van der Waals surface area contributed by atoms with E-state index in [9.17, 15) is 9.90 Å². The number of imidazole rings is 1. The van der Waals surface area contributed by atoms with Gasteiger partial charge in [-0.1, -0.05) is 27.7 Å². The smallest absolute Gasteiger partial charge is 0.357 e. The molecule has 0 saturated heterocycles. The molecule has 108 valence electrons. The molecule has 0 unspecified atom stereocenters. The van der Waals surface area contributed by atoms with E-state index in [-0.39, 0.29) is 16.5 Å². The molecule has 1 N–H and O–H groups in total. The van der Waals surface area contributed by atoms with E-state index >= 15 is 0 Å². The second-order valence-corrected chi connectivity index (χ2v) is 8.95. The third-order valence-corrected chi connectivity index (χ3v) is 6.34. The average molecular weight is 404 g/mol. The van der Waals surface area contributed by atoms with E-state index in [1.54, 1.807) is 11.3 Å². The lowest BCUT2D eigenvalue weighted by molar-refractivity contribution is 0.0690. The maximum atomic E-state index is 11.2. The molecule has 0 fully saturated rings. The van der Waals surface area contributed by atoms with Crippen molar-refractivity contribution in [2.45, 2.75) is 46.0 Å². The van der Waals surface area contributed by atoms with Crippen LogP contribution in [-0.2, 0) is 11.8 Å². The predicted molar refractivity (Wildman–Crippen MR) is 87.9 cm³/mol. The van der Waals surface area contributed by atoms with Gasteiger partial charge in [0.25, 0.3) is 0 Å². The fraction of sp³-hybridized carbons (Fsp3) is 0.571. The van der Waals surface area contributed by atoms with Gasteiger partial charge in [0.1, 0.15) is 3.70 Å². The van der Waals surface area contributed by atoms with Crippen LogP contribution in [0.15, 0.2) is 0 Å². The van der Waals surface area contributed by atoms with E-state index < -0.39 is 5.97 Å². The molecule has 0 amide bonds. The standard InChI is InChI=1S/C14H17IN2O2S/c1-13(2)5-7-9(14(3,4)6-13)20-12-16-8(11(18)19)10(15)17(7)12/h5-6H2,1-4H3,(H,18,19). The minimum Gasteiger partial charge on any atom is -0.476 e. The Labute approximate surface area is 135 Å². The summed E-state index contributed by atoms with van der Waals surface area (Å²) in [5, 5.41) is 9.22. The van der Waals surface area contributed by atoms with Crippen LogP contribution < -0.4 is 0 Å². The van der Waals surface area contributed by atoms with Crippen LogP contribution in [0, 0.1) is 9.12 Å². The van der Waals surface area contributed by atoms with Crippen molar-refractivity contribution in [2.24, 2.45) is 5.41 Å². The van der Waals surface area contributed by atoms with Crippen molar-refractivity contribution >= 4 is 44.9 Å². The third-order valence-electron chi connectivity index (χ3n) is 3.90. The van der Waals surface area contributed by atoms with Crippen LogP contribution in [0.5, 0.6) is 0 Å². The van der Waals surface area contributed by atoms with Crippen molar-refractivity contribution in [3.8, 4) is 0 Å². The monoisotopic (exact) mass is 404 g/mol. The number of nitrogens with zero attached hydrogens (tertiary/aromatic N) is 2. The highest BCUT2D eigenvalue weighted by atomic mass is 127. The summed E-state index contributed by atoms with van der Waals surface area (Å²) < 4.78 is 2.77. The van der Waals surface area contributed by atoms with Crippen molar-refractivity contribution in [2.75, 3.05) is 0 Å². The van der Waals surface area contributed by atoms with E-state index in [1.807, 2.05) is 4.40 Å². The zero-order valence-corrected chi connectivity index (χ0v) is 14.9. The average Bonchev–Trinajstić information content (AvgIpc) is 2.75.